The average Bonchev–Trinajstić information content (AvgIpc) is 1.87. The van der Waals surface area contributed by atoms with Crippen LogP contribution in [0, 0.1) is 5.92 Å². The van der Waals surface area contributed by atoms with Crippen LogP contribution in [-0.2, 0) is 32.9 Å². The predicted molar refractivity (Wildman–Crippen MR) is 34.3 cm³/mol. The number of cyclic esters (lactones) is 1. The van der Waals surface area contributed by atoms with Crippen LogP contribution in [0.15, 0.2) is 0 Å². The van der Waals surface area contributed by atoms with Gasteiger partial charge in [0.25, 0.3) is 0 Å². The molecule has 1 fully saturated rings. The van der Waals surface area contributed by atoms with E-state index in [2.05, 4.69) is 0 Å². The molecule has 0 saturated carbocycles. The monoisotopic (exact) mass is 193 g/mol. The van der Waals surface area contributed by atoms with Gasteiger partial charge in [-0.05, 0) is 20.8 Å². The van der Waals surface area contributed by atoms with Gasteiger partial charge in [-0.1, -0.05) is 0 Å². The van der Waals surface area contributed by atoms with E-state index in [1.165, 1.54) is 6.92 Å². The molecular formula is C7H10O3V. The first-order valence-corrected chi connectivity index (χ1v) is 3.22. The first-order chi connectivity index (χ1) is 4.48. The number of hydrogen-bond donors (Lipinski definition) is 0. The van der Waals surface area contributed by atoms with E-state index in [1.54, 1.807) is 13.8 Å². The number of carbonyl (C=O) groups is 2. The van der Waals surface area contributed by atoms with Crippen molar-refractivity contribution in [2.75, 3.05) is 0 Å². The van der Waals surface area contributed by atoms with Gasteiger partial charge in [-0.25, -0.2) is 0 Å². The quantitative estimate of drug-likeness (QED) is 0.570. The summed E-state index contributed by atoms with van der Waals surface area (Å²) in [5, 5.41) is 0. The number of ketones is 1. The molecule has 1 aliphatic heterocycles. The normalized spacial score (nSPS) is 34.8. The minimum Gasteiger partial charge on any atom is -0.450 e. The van der Waals surface area contributed by atoms with Crippen LogP contribution >= 0.6 is 0 Å². The van der Waals surface area contributed by atoms with E-state index in [-0.39, 0.29) is 36.2 Å². The van der Waals surface area contributed by atoms with Crippen LogP contribution in [0.4, 0.5) is 0 Å². The van der Waals surface area contributed by atoms with Crippen LogP contribution in [0.25, 0.3) is 0 Å². The summed E-state index contributed by atoms with van der Waals surface area (Å²) in [5.41, 5.74) is -0.836. The van der Waals surface area contributed by atoms with Gasteiger partial charge < -0.3 is 4.74 Å². The first-order valence-electron chi connectivity index (χ1n) is 3.22. The topological polar surface area (TPSA) is 43.4 Å². The summed E-state index contributed by atoms with van der Waals surface area (Å²) in [5.74, 6) is -0.637. The Morgan fingerprint density at radius 3 is 2.18 bits per heavy atom. The van der Waals surface area contributed by atoms with E-state index < -0.39 is 5.60 Å². The van der Waals surface area contributed by atoms with Crippen molar-refractivity contribution in [2.45, 2.75) is 26.4 Å². The summed E-state index contributed by atoms with van der Waals surface area (Å²) in [6, 6.07) is 0. The molecule has 0 N–H and O–H groups in total. The van der Waals surface area contributed by atoms with E-state index in [4.69, 9.17) is 4.74 Å². The Morgan fingerprint density at radius 2 is 2.09 bits per heavy atom. The molecule has 1 heterocycles. The summed E-state index contributed by atoms with van der Waals surface area (Å²) in [4.78, 5) is 21.4. The van der Waals surface area contributed by atoms with Crippen LogP contribution in [0.5, 0.6) is 0 Å². The van der Waals surface area contributed by atoms with E-state index in [0.29, 0.717) is 0 Å². The molecule has 0 amide bonds. The third-order valence-corrected chi connectivity index (χ3v) is 2.19. The van der Waals surface area contributed by atoms with Crippen molar-refractivity contribution in [1.82, 2.24) is 0 Å². The van der Waals surface area contributed by atoms with Gasteiger partial charge in [0.2, 0.25) is 0 Å². The summed E-state index contributed by atoms with van der Waals surface area (Å²) in [6.07, 6.45) is 0. The Morgan fingerprint density at radius 1 is 1.64 bits per heavy atom. The molecular weight excluding hydrogens is 183 g/mol. The second-order valence-corrected chi connectivity index (χ2v) is 2.81. The number of rotatable bonds is 1. The Kier molecular flexibility index (Phi) is 2.92. The zero-order valence-electron chi connectivity index (χ0n) is 6.75. The van der Waals surface area contributed by atoms with Crippen molar-refractivity contribution in [3.8, 4) is 0 Å². The van der Waals surface area contributed by atoms with E-state index >= 15 is 0 Å². The molecule has 0 aromatic rings. The maximum atomic E-state index is 10.8. The van der Waals surface area contributed by atoms with Gasteiger partial charge in [-0.3, -0.25) is 9.59 Å². The molecule has 0 aromatic carbocycles. The number of ether oxygens (including phenoxy) is 1. The number of esters is 1. The number of Topliss-reactive ketones (excluding diaryl/α,β-unsaturated/α-hetero) is 1. The fourth-order valence-corrected chi connectivity index (χ4v) is 0.929. The largest absolute Gasteiger partial charge is 0.450 e. The average molecular weight is 193 g/mol. The minimum atomic E-state index is -0.836. The van der Waals surface area contributed by atoms with Crippen LogP contribution in [0.2, 0.25) is 0 Å². The first kappa shape index (κ1) is 10.7. The van der Waals surface area contributed by atoms with Crippen molar-refractivity contribution in [2.24, 2.45) is 5.92 Å². The Balaban J connectivity index is 0.000001000. The molecule has 61 valence electrons. The summed E-state index contributed by atoms with van der Waals surface area (Å²) in [7, 11) is 0. The Bertz CT molecular complexity index is 202. The molecule has 0 bridgehead atoms. The van der Waals surface area contributed by atoms with Gasteiger partial charge in [0.15, 0.2) is 11.4 Å². The second-order valence-electron chi connectivity index (χ2n) is 2.81. The van der Waals surface area contributed by atoms with Crippen molar-refractivity contribution in [3.05, 3.63) is 0 Å². The molecule has 0 aliphatic carbocycles. The smallest absolute Gasteiger partial charge is 0.314 e. The standard InChI is InChI=1S/C7H10O3.V/c1-4-6(9)10-7(4,3)5(2)8;/h4H,1-3H3;. The molecule has 4 heteroatoms. The molecule has 1 saturated heterocycles. The van der Waals surface area contributed by atoms with Gasteiger partial charge in [0.05, 0.1) is 0 Å². The third kappa shape index (κ3) is 1.35. The zero-order chi connectivity index (χ0) is 7.94. The van der Waals surface area contributed by atoms with Gasteiger partial charge in [0, 0.05) is 18.6 Å². The molecule has 2 unspecified atom stereocenters. The number of carbonyl (C=O) groups excluding carboxylic acids is 2. The molecule has 1 rings (SSSR count). The molecule has 1 aliphatic rings. The zero-order valence-corrected chi connectivity index (χ0v) is 8.15. The predicted octanol–water partition coefficient (Wildman–Crippen LogP) is 0.525. The van der Waals surface area contributed by atoms with Gasteiger partial charge in [-0.15, -0.1) is 0 Å². The molecule has 1 radical (unpaired) electrons. The van der Waals surface area contributed by atoms with Crippen molar-refractivity contribution in [1.29, 1.82) is 0 Å². The fraction of sp³-hybridized carbons (Fsp3) is 0.714. The summed E-state index contributed by atoms with van der Waals surface area (Å²) >= 11 is 0. The maximum absolute atomic E-state index is 10.8. The molecule has 2 atom stereocenters. The third-order valence-electron chi connectivity index (χ3n) is 2.19. The molecule has 3 nitrogen and oxygen atoms in total. The van der Waals surface area contributed by atoms with Crippen LogP contribution in [0.3, 0.4) is 0 Å². The van der Waals surface area contributed by atoms with Crippen LogP contribution in [0.1, 0.15) is 20.8 Å². The van der Waals surface area contributed by atoms with Crippen LogP contribution < -0.4 is 0 Å². The molecule has 0 aromatic heterocycles. The Hall–Kier alpha value is -0.276. The van der Waals surface area contributed by atoms with Gasteiger partial charge >= 0.3 is 5.97 Å². The van der Waals surface area contributed by atoms with E-state index in [9.17, 15) is 9.59 Å². The summed E-state index contributed by atoms with van der Waals surface area (Å²) < 4.78 is 4.71. The molecule has 11 heavy (non-hydrogen) atoms. The second kappa shape index (κ2) is 2.99. The van der Waals surface area contributed by atoms with Crippen molar-refractivity contribution >= 4 is 11.8 Å². The number of hydrogen-bond acceptors (Lipinski definition) is 3. The minimum absolute atomic E-state index is 0. The summed E-state index contributed by atoms with van der Waals surface area (Å²) in [6.45, 7) is 4.78. The van der Waals surface area contributed by atoms with Crippen molar-refractivity contribution < 1.29 is 32.9 Å². The Labute approximate surface area is 77.4 Å². The van der Waals surface area contributed by atoms with Gasteiger partial charge in [0.1, 0.15) is 5.92 Å². The van der Waals surface area contributed by atoms with E-state index in [1.807, 2.05) is 0 Å². The molecule has 0 spiro atoms. The SMILES string of the molecule is CC(=O)C1(C)OC(=O)C1C.[V]. The maximum Gasteiger partial charge on any atom is 0.314 e. The van der Waals surface area contributed by atoms with E-state index in [0.717, 1.165) is 0 Å². The fourth-order valence-electron chi connectivity index (χ4n) is 0.929. The van der Waals surface area contributed by atoms with Crippen molar-refractivity contribution in [3.63, 3.8) is 0 Å². The van der Waals surface area contributed by atoms with Gasteiger partial charge in [-0.2, -0.15) is 0 Å². The van der Waals surface area contributed by atoms with Crippen LogP contribution in [-0.4, -0.2) is 17.4 Å².